The van der Waals surface area contributed by atoms with Crippen molar-refractivity contribution in [3.8, 4) is 0 Å². The van der Waals surface area contributed by atoms with E-state index in [2.05, 4.69) is 15.3 Å². The van der Waals surface area contributed by atoms with Crippen LogP contribution < -0.4 is 5.32 Å². The van der Waals surface area contributed by atoms with Crippen LogP contribution in [0.25, 0.3) is 0 Å². The fourth-order valence-electron chi connectivity index (χ4n) is 1.31. The van der Waals surface area contributed by atoms with Crippen molar-refractivity contribution in [2.75, 3.05) is 26.4 Å². The van der Waals surface area contributed by atoms with Crippen molar-refractivity contribution in [2.24, 2.45) is 0 Å². The number of hydrogen-bond donors (Lipinski definition) is 2. The molecule has 0 aliphatic heterocycles. The number of hydrogen-bond acceptors (Lipinski definition) is 5. The second-order valence-corrected chi connectivity index (χ2v) is 4.58. The first-order chi connectivity index (χ1) is 9.06. The molecule has 0 saturated carbocycles. The highest BCUT2D eigenvalue weighted by Gasteiger charge is 2.14. The van der Waals surface area contributed by atoms with E-state index < -0.39 is 0 Å². The monoisotopic (exact) mass is 287 g/mol. The van der Waals surface area contributed by atoms with Gasteiger partial charge in [0.15, 0.2) is 0 Å². The van der Waals surface area contributed by atoms with Crippen molar-refractivity contribution >= 4 is 17.5 Å². The first kappa shape index (κ1) is 15.8. The van der Waals surface area contributed by atoms with Crippen molar-refractivity contribution in [2.45, 2.75) is 19.8 Å². The number of nitrogens with one attached hydrogen (secondary N) is 1. The van der Waals surface area contributed by atoms with Crippen molar-refractivity contribution in [3.63, 3.8) is 0 Å². The molecule has 2 N–H and O–H groups in total. The van der Waals surface area contributed by atoms with E-state index in [4.69, 9.17) is 21.4 Å². The van der Waals surface area contributed by atoms with Crippen LogP contribution in [0.5, 0.6) is 0 Å². The zero-order valence-electron chi connectivity index (χ0n) is 11.0. The van der Waals surface area contributed by atoms with E-state index in [1.54, 1.807) is 0 Å². The maximum atomic E-state index is 11.9. The fourth-order valence-corrected chi connectivity index (χ4v) is 1.48. The first-order valence-electron chi connectivity index (χ1n) is 6.05. The molecule has 0 fully saturated rings. The van der Waals surface area contributed by atoms with Gasteiger partial charge in [-0.25, -0.2) is 9.97 Å². The van der Waals surface area contributed by atoms with E-state index in [-0.39, 0.29) is 35.8 Å². The van der Waals surface area contributed by atoms with Crippen LogP contribution in [0.2, 0.25) is 5.02 Å². The average molecular weight is 288 g/mol. The highest BCUT2D eigenvalue weighted by Crippen LogP contribution is 2.16. The molecule has 1 rings (SSSR count). The van der Waals surface area contributed by atoms with E-state index in [0.717, 1.165) is 0 Å². The van der Waals surface area contributed by atoms with Gasteiger partial charge in [-0.15, -0.1) is 0 Å². The van der Waals surface area contributed by atoms with Crippen molar-refractivity contribution in [1.82, 2.24) is 15.3 Å². The SMILES string of the molecule is CC(C)c1ncc(Cl)c(C(=O)NCCOCCO)n1. The van der Waals surface area contributed by atoms with Crippen LogP contribution in [0.4, 0.5) is 0 Å². The molecule has 1 amide bonds. The molecule has 7 heteroatoms. The van der Waals surface area contributed by atoms with Crippen LogP contribution in [-0.4, -0.2) is 47.3 Å². The summed E-state index contributed by atoms with van der Waals surface area (Å²) in [6.07, 6.45) is 1.43. The van der Waals surface area contributed by atoms with Crippen LogP contribution >= 0.6 is 11.6 Å². The average Bonchev–Trinajstić information content (AvgIpc) is 2.38. The summed E-state index contributed by atoms with van der Waals surface area (Å²) in [6, 6.07) is 0. The van der Waals surface area contributed by atoms with Gasteiger partial charge in [0.05, 0.1) is 31.0 Å². The van der Waals surface area contributed by atoms with Gasteiger partial charge in [-0.2, -0.15) is 0 Å². The van der Waals surface area contributed by atoms with E-state index >= 15 is 0 Å². The Balaban J connectivity index is 2.58. The van der Waals surface area contributed by atoms with Gasteiger partial charge >= 0.3 is 0 Å². The summed E-state index contributed by atoms with van der Waals surface area (Å²) >= 11 is 5.91. The van der Waals surface area contributed by atoms with Gasteiger partial charge in [0, 0.05) is 12.5 Å². The third-order valence-electron chi connectivity index (χ3n) is 2.26. The lowest BCUT2D eigenvalue weighted by atomic mass is 10.2. The van der Waals surface area contributed by atoms with Crippen LogP contribution in [0.1, 0.15) is 36.1 Å². The van der Waals surface area contributed by atoms with Gasteiger partial charge in [0.2, 0.25) is 0 Å². The maximum Gasteiger partial charge on any atom is 0.271 e. The normalized spacial score (nSPS) is 10.8. The highest BCUT2D eigenvalue weighted by molar-refractivity contribution is 6.33. The largest absolute Gasteiger partial charge is 0.394 e. The number of ether oxygens (including phenoxy) is 1. The van der Waals surface area contributed by atoms with Gasteiger partial charge < -0.3 is 15.2 Å². The van der Waals surface area contributed by atoms with E-state index in [0.29, 0.717) is 19.0 Å². The standard InChI is InChI=1S/C12H18ClN3O3/c1-8(2)11-15-7-9(13)10(16-11)12(18)14-3-5-19-6-4-17/h7-8,17H,3-6H2,1-2H3,(H,14,18). The summed E-state index contributed by atoms with van der Waals surface area (Å²) in [6.45, 7) is 4.74. The Kier molecular flexibility index (Phi) is 6.69. The number of carbonyl (C=O) groups is 1. The summed E-state index contributed by atoms with van der Waals surface area (Å²) in [4.78, 5) is 20.1. The Bertz CT molecular complexity index is 427. The quantitative estimate of drug-likeness (QED) is 0.731. The number of rotatable bonds is 7. The molecule has 19 heavy (non-hydrogen) atoms. The molecule has 0 saturated heterocycles. The highest BCUT2D eigenvalue weighted by atomic mass is 35.5. The summed E-state index contributed by atoms with van der Waals surface area (Å²) in [7, 11) is 0. The Hall–Kier alpha value is -1.24. The minimum absolute atomic E-state index is 0.0383. The third-order valence-corrected chi connectivity index (χ3v) is 2.54. The molecule has 6 nitrogen and oxygen atoms in total. The molecule has 0 aliphatic carbocycles. The molecule has 1 aromatic heterocycles. The van der Waals surface area contributed by atoms with Crippen LogP contribution in [0.15, 0.2) is 6.20 Å². The number of nitrogens with zero attached hydrogens (tertiary/aromatic N) is 2. The maximum absolute atomic E-state index is 11.9. The van der Waals surface area contributed by atoms with E-state index in [1.165, 1.54) is 6.20 Å². The molecule has 0 radical (unpaired) electrons. The lowest BCUT2D eigenvalue weighted by molar-refractivity contribution is 0.0835. The molecule has 0 aromatic carbocycles. The number of halogens is 1. The van der Waals surface area contributed by atoms with Crippen molar-refractivity contribution in [1.29, 1.82) is 0 Å². The lowest BCUT2D eigenvalue weighted by Gasteiger charge is -2.09. The summed E-state index contributed by atoms with van der Waals surface area (Å²) in [5, 5.41) is 11.4. The topological polar surface area (TPSA) is 84.3 Å². The molecule has 1 heterocycles. The second-order valence-electron chi connectivity index (χ2n) is 4.17. The van der Waals surface area contributed by atoms with Gasteiger partial charge in [-0.05, 0) is 0 Å². The first-order valence-corrected chi connectivity index (χ1v) is 6.43. The van der Waals surface area contributed by atoms with Crippen LogP contribution in [0.3, 0.4) is 0 Å². The van der Waals surface area contributed by atoms with Crippen molar-refractivity contribution < 1.29 is 14.6 Å². The molecule has 0 atom stereocenters. The number of carbonyl (C=O) groups excluding carboxylic acids is 1. The molecular weight excluding hydrogens is 270 g/mol. The molecule has 0 aliphatic rings. The van der Waals surface area contributed by atoms with Crippen LogP contribution in [0, 0.1) is 0 Å². The van der Waals surface area contributed by atoms with Crippen LogP contribution in [-0.2, 0) is 4.74 Å². The third kappa shape index (κ3) is 5.10. The second kappa shape index (κ2) is 8.04. The van der Waals surface area contributed by atoms with Crippen molar-refractivity contribution in [3.05, 3.63) is 22.7 Å². The lowest BCUT2D eigenvalue weighted by Crippen LogP contribution is -2.29. The van der Waals surface area contributed by atoms with Gasteiger partial charge in [-0.3, -0.25) is 4.79 Å². The molecule has 0 unspecified atom stereocenters. The molecule has 106 valence electrons. The Morgan fingerprint density at radius 3 is 2.89 bits per heavy atom. The summed E-state index contributed by atoms with van der Waals surface area (Å²) in [5.41, 5.74) is 0.169. The minimum Gasteiger partial charge on any atom is -0.394 e. The Morgan fingerprint density at radius 2 is 2.26 bits per heavy atom. The zero-order chi connectivity index (χ0) is 14.3. The summed E-state index contributed by atoms with van der Waals surface area (Å²) in [5.74, 6) is 0.338. The van der Waals surface area contributed by atoms with E-state index in [9.17, 15) is 4.79 Å². The predicted molar refractivity (Wildman–Crippen MR) is 71.4 cm³/mol. The van der Waals surface area contributed by atoms with E-state index in [1.807, 2.05) is 13.8 Å². The Labute approximate surface area is 117 Å². The predicted octanol–water partition coefficient (Wildman–Crippen LogP) is 0.992. The Morgan fingerprint density at radius 1 is 1.53 bits per heavy atom. The summed E-state index contributed by atoms with van der Waals surface area (Å²) < 4.78 is 5.03. The van der Waals surface area contributed by atoms with Gasteiger partial charge in [-0.1, -0.05) is 25.4 Å². The van der Waals surface area contributed by atoms with Gasteiger partial charge in [0.25, 0.3) is 5.91 Å². The molecule has 0 spiro atoms. The number of aromatic nitrogens is 2. The minimum atomic E-state index is -0.359. The fraction of sp³-hybridized carbons (Fsp3) is 0.583. The number of aliphatic hydroxyl groups excluding tert-OH is 1. The molecule has 1 aromatic rings. The zero-order valence-corrected chi connectivity index (χ0v) is 11.8. The smallest absolute Gasteiger partial charge is 0.271 e. The molecular formula is C12H18ClN3O3. The number of aliphatic hydroxyl groups is 1. The van der Waals surface area contributed by atoms with Gasteiger partial charge in [0.1, 0.15) is 11.5 Å². The number of amides is 1. The molecule has 0 bridgehead atoms.